The van der Waals surface area contributed by atoms with Gasteiger partial charge in [-0.3, -0.25) is 0 Å². The maximum atomic E-state index is 5.61. The molecule has 1 unspecified atom stereocenters. The molecule has 0 aliphatic heterocycles. The van der Waals surface area contributed by atoms with Crippen molar-refractivity contribution >= 4 is 23.3 Å². The van der Waals surface area contributed by atoms with E-state index in [-0.39, 0.29) is 0 Å². The second-order valence-corrected chi connectivity index (χ2v) is 5.30. The Morgan fingerprint density at radius 3 is 2.89 bits per heavy atom. The van der Waals surface area contributed by atoms with Crippen LogP contribution in [-0.2, 0) is 6.42 Å². The predicted octanol–water partition coefficient (Wildman–Crippen LogP) is 4.06. The third-order valence-corrected chi connectivity index (χ3v) is 3.76. The molecule has 2 heterocycles. The Bertz CT molecular complexity index is 618. The van der Waals surface area contributed by atoms with E-state index >= 15 is 0 Å². The molecule has 0 radical (unpaired) electrons. The summed E-state index contributed by atoms with van der Waals surface area (Å²) in [6.45, 7) is 6.49. The van der Waals surface area contributed by atoms with Gasteiger partial charge in [-0.15, -0.1) is 0 Å². The lowest BCUT2D eigenvalue weighted by Gasteiger charge is -2.19. The number of hydrogen-bond donors (Lipinski definition) is 1. The number of aromatic nitrogens is 2. The van der Waals surface area contributed by atoms with Gasteiger partial charge in [0.25, 0.3) is 0 Å². The van der Waals surface area contributed by atoms with Crippen molar-refractivity contribution in [1.29, 1.82) is 0 Å². The smallest absolute Gasteiger partial charge is 0.159 e. The van der Waals surface area contributed by atoms with Crippen LogP contribution in [0, 0.1) is 4.64 Å². The van der Waals surface area contributed by atoms with Crippen LogP contribution in [0.1, 0.15) is 39.2 Å². The summed E-state index contributed by atoms with van der Waals surface area (Å²) >= 11 is 5.61. The molecule has 0 saturated heterocycles. The van der Waals surface area contributed by atoms with Crippen molar-refractivity contribution in [2.24, 2.45) is 0 Å². The molecule has 0 aliphatic carbocycles. The lowest BCUT2D eigenvalue weighted by molar-refractivity contribution is 0.663. The highest BCUT2D eigenvalue weighted by atomic mass is 32.1. The lowest BCUT2D eigenvalue weighted by Crippen LogP contribution is -2.26. The first-order valence-corrected chi connectivity index (χ1v) is 7.34. The zero-order valence-corrected chi connectivity index (χ0v) is 12.6. The van der Waals surface area contributed by atoms with Crippen LogP contribution in [0.4, 0.5) is 0 Å². The van der Waals surface area contributed by atoms with Gasteiger partial charge in [0.1, 0.15) is 4.64 Å². The van der Waals surface area contributed by atoms with Crippen molar-refractivity contribution in [1.82, 2.24) is 9.66 Å². The average Bonchev–Trinajstić information content (AvgIpc) is 2.43. The summed E-state index contributed by atoms with van der Waals surface area (Å²) in [5.41, 5.74) is 5.58. The van der Waals surface area contributed by atoms with E-state index in [1.807, 2.05) is 16.9 Å². The minimum atomic E-state index is 0.369. The van der Waals surface area contributed by atoms with Crippen LogP contribution in [0.25, 0.3) is 11.0 Å². The Labute approximate surface area is 119 Å². The van der Waals surface area contributed by atoms with E-state index in [1.165, 1.54) is 5.56 Å². The molecule has 4 heteroatoms. The number of aryl methyl sites for hydroxylation is 1. The van der Waals surface area contributed by atoms with Gasteiger partial charge in [-0.05, 0) is 43.5 Å². The predicted molar refractivity (Wildman–Crippen MR) is 83.7 cm³/mol. The molecule has 0 fully saturated rings. The molecule has 1 atom stereocenters. The lowest BCUT2D eigenvalue weighted by atomic mass is 10.1. The van der Waals surface area contributed by atoms with Gasteiger partial charge in [-0.25, -0.2) is 9.66 Å². The topological polar surface area (TPSA) is 29.9 Å². The van der Waals surface area contributed by atoms with Gasteiger partial charge < -0.3 is 5.43 Å². The molecule has 19 heavy (non-hydrogen) atoms. The van der Waals surface area contributed by atoms with Crippen LogP contribution in [-0.4, -0.2) is 15.7 Å². The van der Waals surface area contributed by atoms with Gasteiger partial charge in [0.05, 0.1) is 0 Å². The molecule has 0 spiro atoms. The van der Waals surface area contributed by atoms with Crippen LogP contribution in [0.15, 0.2) is 24.4 Å². The average molecular weight is 275 g/mol. The maximum Gasteiger partial charge on any atom is 0.159 e. The largest absolute Gasteiger partial charge is 0.320 e. The van der Waals surface area contributed by atoms with E-state index in [2.05, 4.69) is 43.3 Å². The van der Waals surface area contributed by atoms with E-state index in [9.17, 15) is 0 Å². The van der Waals surface area contributed by atoms with E-state index in [1.54, 1.807) is 0 Å². The molecule has 0 aromatic carbocycles. The van der Waals surface area contributed by atoms with Crippen molar-refractivity contribution in [3.8, 4) is 0 Å². The number of nitrogens with one attached hydrogen (secondary N) is 1. The SMILES string of the molecule is CCCc1cc2cccnc2n(NC(C)CC)c1=S. The molecule has 0 aliphatic rings. The Morgan fingerprint density at radius 1 is 1.42 bits per heavy atom. The number of hydrogen-bond acceptors (Lipinski definition) is 3. The van der Waals surface area contributed by atoms with Crippen LogP contribution in [0.3, 0.4) is 0 Å². The minimum absolute atomic E-state index is 0.369. The molecular weight excluding hydrogens is 254 g/mol. The van der Waals surface area contributed by atoms with E-state index < -0.39 is 0 Å². The highest BCUT2D eigenvalue weighted by molar-refractivity contribution is 7.71. The first-order valence-electron chi connectivity index (χ1n) is 6.93. The summed E-state index contributed by atoms with van der Waals surface area (Å²) in [6.07, 6.45) is 4.96. The second kappa shape index (κ2) is 6.15. The Hall–Kier alpha value is -1.42. The van der Waals surface area contributed by atoms with Gasteiger partial charge in [-0.1, -0.05) is 32.5 Å². The standard InChI is InChI=1S/C15H21N3S/c1-4-7-13-10-12-8-6-9-16-14(12)18(15(13)19)17-11(3)5-2/h6,8-11,17H,4-5,7H2,1-3H3. The zero-order chi connectivity index (χ0) is 13.8. The van der Waals surface area contributed by atoms with Crippen molar-refractivity contribution in [3.05, 3.63) is 34.6 Å². The van der Waals surface area contributed by atoms with E-state index in [0.717, 1.165) is 34.9 Å². The number of fused-ring (bicyclic) bond motifs is 1. The monoisotopic (exact) mass is 275 g/mol. The maximum absolute atomic E-state index is 5.61. The number of nitrogens with zero attached hydrogens (tertiary/aromatic N) is 2. The van der Waals surface area contributed by atoms with Crippen molar-refractivity contribution in [2.45, 2.75) is 46.1 Å². The molecule has 0 saturated carbocycles. The van der Waals surface area contributed by atoms with Gasteiger partial charge in [0.2, 0.25) is 0 Å². The summed E-state index contributed by atoms with van der Waals surface area (Å²) in [7, 11) is 0. The van der Waals surface area contributed by atoms with Crippen molar-refractivity contribution in [3.63, 3.8) is 0 Å². The normalized spacial score (nSPS) is 12.6. The first-order chi connectivity index (χ1) is 9.17. The van der Waals surface area contributed by atoms with Gasteiger partial charge >= 0.3 is 0 Å². The van der Waals surface area contributed by atoms with Gasteiger partial charge in [0, 0.05) is 17.6 Å². The third kappa shape index (κ3) is 2.95. The fourth-order valence-electron chi connectivity index (χ4n) is 2.08. The molecule has 2 aromatic rings. The highest BCUT2D eigenvalue weighted by Gasteiger charge is 2.08. The fourth-order valence-corrected chi connectivity index (χ4v) is 2.38. The fraction of sp³-hybridized carbons (Fsp3) is 0.467. The third-order valence-electron chi connectivity index (χ3n) is 3.32. The number of rotatable bonds is 5. The molecule has 102 valence electrons. The first kappa shape index (κ1) is 14.0. The quantitative estimate of drug-likeness (QED) is 0.835. The van der Waals surface area contributed by atoms with Gasteiger partial charge in [0.15, 0.2) is 5.65 Å². The molecule has 0 amide bonds. The molecule has 0 bridgehead atoms. The number of pyridine rings is 2. The van der Waals surface area contributed by atoms with E-state index in [4.69, 9.17) is 12.2 Å². The minimum Gasteiger partial charge on any atom is -0.320 e. The summed E-state index contributed by atoms with van der Waals surface area (Å²) < 4.78 is 2.83. The van der Waals surface area contributed by atoms with E-state index in [0.29, 0.717) is 6.04 Å². The van der Waals surface area contributed by atoms with Crippen LogP contribution in [0.2, 0.25) is 0 Å². The molecule has 3 nitrogen and oxygen atoms in total. The zero-order valence-electron chi connectivity index (χ0n) is 11.8. The molecule has 2 rings (SSSR count). The van der Waals surface area contributed by atoms with Crippen molar-refractivity contribution < 1.29 is 0 Å². The Kier molecular flexibility index (Phi) is 4.53. The molecular formula is C15H21N3S. The summed E-state index contributed by atoms with van der Waals surface area (Å²) in [4.78, 5) is 4.46. The second-order valence-electron chi connectivity index (χ2n) is 4.91. The van der Waals surface area contributed by atoms with Gasteiger partial charge in [-0.2, -0.15) is 0 Å². The Balaban J connectivity index is 2.62. The van der Waals surface area contributed by atoms with Crippen molar-refractivity contribution in [2.75, 3.05) is 5.43 Å². The highest BCUT2D eigenvalue weighted by Crippen LogP contribution is 2.17. The Morgan fingerprint density at radius 2 is 2.21 bits per heavy atom. The van der Waals surface area contributed by atoms with Crippen LogP contribution < -0.4 is 5.43 Å². The summed E-state index contributed by atoms with van der Waals surface area (Å²) in [6, 6.07) is 6.59. The summed E-state index contributed by atoms with van der Waals surface area (Å²) in [5, 5.41) is 1.13. The van der Waals surface area contributed by atoms with Crippen LogP contribution >= 0.6 is 12.2 Å². The molecule has 2 aromatic heterocycles. The van der Waals surface area contributed by atoms with Crippen LogP contribution in [0.5, 0.6) is 0 Å². The molecule has 1 N–H and O–H groups in total. The summed E-state index contributed by atoms with van der Waals surface area (Å²) in [5.74, 6) is 0.